The van der Waals surface area contributed by atoms with E-state index in [2.05, 4.69) is 24.1 Å². The van der Waals surface area contributed by atoms with Crippen LogP contribution in [0.25, 0.3) is 0 Å². The number of rotatable bonds is 1. The molecule has 1 N–H and O–H groups in total. The zero-order valence-electron chi connectivity index (χ0n) is 7.06. The van der Waals surface area contributed by atoms with E-state index in [1.165, 1.54) is 26.1 Å². The van der Waals surface area contributed by atoms with Crippen molar-refractivity contribution >= 4 is 0 Å². The van der Waals surface area contributed by atoms with Gasteiger partial charge in [-0.15, -0.1) is 0 Å². The molecule has 0 saturated carbocycles. The van der Waals surface area contributed by atoms with Gasteiger partial charge in [0.25, 0.3) is 0 Å². The summed E-state index contributed by atoms with van der Waals surface area (Å²) in [6.07, 6.45) is 1.30. The van der Waals surface area contributed by atoms with E-state index >= 15 is 0 Å². The van der Waals surface area contributed by atoms with E-state index in [9.17, 15) is 0 Å². The highest BCUT2D eigenvalue weighted by molar-refractivity contribution is 4.70. The lowest BCUT2D eigenvalue weighted by atomic mass is 10.2. The van der Waals surface area contributed by atoms with E-state index in [-0.39, 0.29) is 0 Å². The van der Waals surface area contributed by atoms with Gasteiger partial charge in [-0.25, -0.2) is 0 Å². The topological polar surface area (TPSA) is 15.3 Å². The van der Waals surface area contributed by atoms with Crippen molar-refractivity contribution in [2.75, 3.05) is 26.2 Å². The van der Waals surface area contributed by atoms with Crippen LogP contribution >= 0.6 is 0 Å². The van der Waals surface area contributed by atoms with Crippen LogP contribution in [0, 0.1) is 0 Å². The van der Waals surface area contributed by atoms with Gasteiger partial charge in [0, 0.05) is 19.1 Å². The van der Waals surface area contributed by atoms with Crippen LogP contribution in [0.1, 0.15) is 20.3 Å². The fraction of sp³-hybridized carbons (Fsp3) is 1.00. The molecular formula is C8H18N2. The predicted molar refractivity (Wildman–Crippen MR) is 44.2 cm³/mol. The van der Waals surface area contributed by atoms with E-state index in [0.717, 1.165) is 12.6 Å². The Balaban J connectivity index is 2.26. The van der Waals surface area contributed by atoms with Gasteiger partial charge in [0.05, 0.1) is 0 Å². The Morgan fingerprint density at radius 3 is 3.00 bits per heavy atom. The fourth-order valence-corrected chi connectivity index (χ4v) is 1.38. The maximum Gasteiger partial charge on any atom is 0.0107 e. The van der Waals surface area contributed by atoms with Gasteiger partial charge in [0.1, 0.15) is 0 Å². The van der Waals surface area contributed by atoms with Crippen LogP contribution in [0.3, 0.4) is 0 Å². The van der Waals surface area contributed by atoms with E-state index in [0.29, 0.717) is 0 Å². The van der Waals surface area contributed by atoms with E-state index in [1.54, 1.807) is 0 Å². The third-order valence-corrected chi connectivity index (χ3v) is 2.25. The Morgan fingerprint density at radius 2 is 2.30 bits per heavy atom. The first-order chi connectivity index (χ1) is 4.83. The second-order valence-corrected chi connectivity index (χ2v) is 3.08. The quantitative estimate of drug-likeness (QED) is 0.579. The molecule has 1 atom stereocenters. The first-order valence-corrected chi connectivity index (χ1v) is 4.28. The normalized spacial score (nSPS) is 30.0. The monoisotopic (exact) mass is 142 g/mol. The maximum atomic E-state index is 3.47. The Kier molecular flexibility index (Phi) is 3.16. The van der Waals surface area contributed by atoms with Gasteiger partial charge in [0.15, 0.2) is 0 Å². The summed E-state index contributed by atoms with van der Waals surface area (Å²) in [5.41, 5.74) is 0. The molecule has 0 aromatic rings. The lowest BCUT2D eigenvalue weighted by molar-refractivity contribution is 0.307. The van der Waals surface area contributed by atoms with Gasteiger partial charge >= 0.3 is 0 Å². The lowest BCUT2D eigenvalue weighted by Gasteiger charge is -2.15. The molecule has 0 aromatic carbocycles. The highest BCUT2D eigenvalue weighted by Crippen LogP contribution is 1.99. The number of likely N-dealkylation sites (N-methyl/N-ethyl adjacent to an activating group) is 1. The molecular weight excluding hydrogens is 124 g/mol. The van der Waals surface area contributed by atoms with E-state index in [1.807, 2.05) is 0 Å². The van der Waals surface area contributed by atoms with Crippen molar-refractivity contribution in [3.63, 3.8) is 0 Å². The molecule has 0 aliphatic carbocycles. The van der Waals surface area contributed by atoms with Gasteiger partial charge in [0.2, 0.25) is 0 Å². The molecule has 2 nitrogen and oxygen atoms in total. The number of hydrogen-bond acceptors (Lipinski definition) is 2. The molecule has 10 heavy (non-hydrogen) atoms. The van der Waals surface area contributed by atoms with Crippen molar-refractivity contribution in [1.82, 2.24) is 10.2 Å². The third-order valence-electron chi connectivity index (χ3n) is 2.25. The first-order valence-electron chi connectivity index (χ1n) is 4.28. The van der Waals surface area contributed by atoms with Crippen molar-refractivity contribution in [3.05, 3.63) is 0 Å². The highest BCUT2D eigenvalue weighted by atomic mass is 15.1. The third kappa shape index (κ3) is 2.27. The smallest absolute Gasteiger partial charge is 0.0107 e. The minimum atomic E-state index is 0.719. The largest absolute Gasteiger partial charge is 0.313 e. The van der Waals surface area contributed by atoms with Crippen LogP contribution in [0.2, 0.25) is 0 Å². The van der Waals surface area contributed by atoms with Crippen molar-refractivity contribution in [2.24, 2.45) is 0 Å². The maximum absolute atomic E-state index is 3.47. The summed E-state index contributed by atoms with van der Waals surface area (Å²) >= 11 is 0. The number of nitrogens with zero attached hydrogens (tertiary/aromatic N) is 1. The molecule has 0 radical (unpaired) electrons. The first kappa shape index (κ1) is 8.02. The SMILES string of the molecule is CCN1CCN[C@@H](C)CC1. The Bertz CT molecular complexity index is 93.3. The summed E-state index contributed by atoms with van der Waals surface area (Å²) in [6.45, 7) is 9.35. The summed E-state index contributed by atoms with van der Waals surface area (Å²) < 4.78 is 0. The average Bonchev–Trinajstić information content (AvgIpc) is 2.14. The molecule has 0 aromatic heterocycles. The highest BCUT2D eigenvalue weighted by Gasteiger charge is 2.10. The summed E-state index contributed by atoms with van der Waals surface area (Å²) in [6, 6.07) is 0.719. The van der Waals surface area contributed by atoms with E-state index < -0.39 is 0 Å². The van der Waals surface area contributed by atoms with Crippen LogP contribution in [-0.2, 0) is 0 Å². The molecule has 1 aliphatic heterocycles. The van der Waals surface area contributed by atoms with Gasteiger partial charge in [-0.2, -0.15) is 0 Å². The minimum Gasteiger partial charge on any atom is -0.313 e. The van der Waals surface area contributed by atoms with Crippen molar-refractivity contribution in [1.29, 1.82) is 0 Å². The van der Waals surface area contributed by atoms with Crippen molar-refractivity contribution < 1.29 is 0 Å². The lowest BCUT2D eigenvalue weighted by Crippen LogP contribution is -2.28. The second kappa shape index (κ2) is 3.94. The Labute approximate surface area is 63.6 Å². The van der Waals surface area contributed by atoms with Gasteiger partial charge in [-0.3, -0.25) is 0 Å². The fourth-order valence-electron chi connectivity index (χ4n) is 1.38. The van der Waals surface area contributed by atoms with Crippen LogP contribution in [0.5, 0.6) is 0 Å². The molecule has 1 saturated heterocycles. The molecule has 1 fully saturated rings. The van der Waals surface area contributed by atoms with E-state index in [4.69, 9.17) is 0 Å². The zero-order valence-corrected chi connectivity index (χ0v) is 7.06. The predicted octanol–water partition coefficient (Wildman–Crippen LogP) is 0.690. The Hall–Kier alpha value is -0.0800. The summed E-state index contributed by atoms with van der Waals surface area (Å²) in [4.78, 5) is 2.50. The van der Waals surface area contributed by atoms with Crippen molar-refractivity contribution in [3.8, 4) is 0 Å². The molecule has 0 spiro atoms. The van der Waals surface area contributed by atoms with Crippen LogP contribution < -0.4 is 5.32 Å². The van der Waals surface area contributed by atoms with Gasteiger partial charge in [-0.05, 0) is 26.4 Å². The van der Waals surface area contributed by atoms with Gasteiger partial charge in [-0.1, -0.05) is 6.92 Å². The Morgan fingerprint density at radius 1 is 1.50 bits per heavy atom. The van der Waals surface area contributed by atoms with Gasteiger partial charge < -0.3 is 10.2 Å². The molecule has 0 amide bonds. The summed E-state index contributed by atoms with van der Waals surface area (Å²) in [7, 11) is 0. The molecule has 0 unspecified atom stereocenters. The van der Waals surface area contributed by atoms with Crippen molar-refractivity contribution in [2.45, 2.75) is 26.3 Å². The number of hydrogen-bond donors (Lipinski definition) is 1. The minimum absolute atomic E-state index is 0.719. The number of nitrogens with one attached hydrogen (secondary N) is 1. The second-order valence-electron chi connectivity index (χ2n) is 3.08. The standard InChI is InChI=1S/C8H18N2/c1-3-10-6-4-8(2)9-5-7-10/h8-9H,3-7H2,1-2H3/t8-/m0/s1. The molecule has 1 heterocycles. The molecule has 1 rings (SSSR count). The average molecular weight is 142 g/mol. The molecule has 0 bridgehead atoms. The summed E-state index contributed by atoms with van der Waals surface area (Å²) in [5, 5.41) is 3.47. The molecule has 2 heteroatoms. The van der Waals surface area contributed by atoms with Crippen LogP contribution in [0.4, 0.5) is 0 Å². The zero-order chi connectivity index (χ0) is 7.40. The van der Waals surface area contributed by atoms with Crippen LogP contribution in [-0.4, -0.2) is 37.1 Å². The van der Waals surface area contributed by atoms with Crippen LogP contribution in [0.15, 0.2) is 0 Å². The summed E-state index contributed by atoms with van der Waals surface area (Å²) in [5.74, 6) is 0. The molecule has 1 aliphatic rings. The molecule has 60 valence electrons.